The third-order valence-corrected chi connectivity index (χ3v) is 8.48. The number of hydrogen-bond acceptors (Lipinski definition) is 7. The SMILES string of the molecule is CC.CS(=O)(=O)N1CCC(Nc2ncc3cccc(N4CCC5(CCOCC5)C4)c3n2)CC1. The first kappa shape index (κ1) is 24.2. The van der Waals surface area contributed by atoms with Gasteiger partial charge >= 0.3 is 0 Å². The van der Waals surface area contributed by atoms with E-state index in [-0.39, 0.29) is 6.04 Å². The predicted molar refractivity (Wildman–Crippen MR) is 133 cm³/mol. The number of benzene rings is 1. The molecule has 0 radical (unpaired) electrons. The summed E-state index contributed by atoms with van der Waals surface area (Å²) in [4.78, 5) is 11.9. The van der Waals surface area contributed by atoms with Crippen LogP contribution in [0.25, 0.3) is 10.9 Å². The molecule has 4 heterocycles. The van der Waals surface area contributed by atoms with Crippen LogP contribution in [-0.4, -0.2) is 74.4 Å². The molecule has 3 saturated heterocycles. The van der Waals surface area contributed by atoms with E-state index in [0.29, 0.717) is 24.5 Å². The first-order chi connectivity index (χ1) is 15.9. The second-order valence-electron chi connectivity index (χ2n) is 9.27. The Bertz CT molecular complexity index is 1050. The van der Waals surface area contributed by atoms with Crippen molar-refractivity contribution in [2.75, 3.05) is 55.9 Å². The highest BCUT2D eigenvalue weighted by Gasteiger charge is 2.39. The predicted octanol–water partition coefficient (Wildman–Crippen LogP) is 3.50. The van der Waals surface area contributed by atoms with Crippen LogP contribution in [0.3, 0.4) is 0 Å². The van der Waals surface area contributed by atoms with E-state index >= 15 is 0 Å². The van der Waals surface area contributed by atoms with Gasteiger partial charge in [0.2, 0.25) is 16.0 Å². The van der Waals surface area contributed by atoms with Crippen LogP contribution in [0.1, 0.15) is 46.0 Å². The summed E-state index contributed by atoms with van der Waals surface area (Å²) in [6, 6.07) is 6.50. The third-order valence-electron chi connectivity index (χ3n) is 7.18. The van der Waals surface area contributed by atoms with Crippen molar-refractivity contribution in [3.63, 3.8) is 0 Å². The number of nitrogens with zero attached hydrogens (tertiary/aromatic N) is 4. The van der Waals surface area contributed by atoms with Gasteiger partial charge in [0.25, 0.3) is 0 Å². The maximum atomic E-state index is 11.7. The third kappa shape index (κ3) is 5.41. The summed E-state index contributed by atoms with van der Waals surface area (Å²) in [6.45, 7) is 8.93. The van der Waals surface area contributed by atoms with Crippen molar-refractivity contribution in [1.82, 2.24) is 14.3 Å². The second-order valence-corrected chi connectivity index (χ2v) is 11.3. The van der Waals surface area contributed by atoms with E-state index in [0.717, 1.165) is 62.9 Å². The quantitative estimate of drug-likeness (QED) is 0.724. The van der Waals surface area contributed by atoms with Crippen molar-refractivity contribution in [2.45, 2.75) is 52.0 Å². The van der Waals surface area contributed by atoms with E-state index in [1.165, 1.54) is 18.4 Å². The van der Waals surface area contributed by atoms with Crippen molar-refractivity contribution >= 4 is 32.6 Å². The molecule has 182 valence electrons. The molecule has 0 bridgehead atoms. The molecule has 2 aromatic rings. The van der Waals surface area contributed by atoms with Crippen molar-refractivity contribution < 1.29 is 13.2 Å². The van der Waals surface area contributed by atoms with E-state index in [1.807, 2.05) is 20.0 Å². The minimum Gasteiger partial charge on any atom is -0.381 e. The topological polar surface area (TPSA) is 87.7 Å². The smallest absolute Gasteiger partial charge is 0.223 e. The largest absolute Gasteiger partial charge is 0.381 e. The molecule has 1 aromatic heterocycles. The lowest BCUT2D eigenvalue weighted by atomic mass is 9.80. The molecular formula is C24H37N5O3S. The Balaban J connectivity index is 0.00000126. The van der Waals surface area contributed by atoms with Gasteiger partial charge in [-0.1, -0.05) is 26.0 Å². The average molecular weight is 476 g/mol. The lowest BCUT2D eigenvalue weighted by Crippen LogP contribution is -2.42. The molecule has 3 fully saturated rings. The van der Waals surface area contributed by atoms with Gasteiger partial charge in [0.1, 0.15) is 0 Å². The van der Waals surface area contributed by atoms with E-state index in [1.54, 1.807) is 4.31 Å². The van der Waals surface area contributed by atoms with E-state index in [4.69, 9.17) is 9.72 Å². The van der Waals surface area contributed by atoms with Crippen LogP contribution in [0.4, 0.5) is 11.6 Å². The first-order valence-corrected chi connectivity index (χ1v) is 14.1. The van der Waals surface area contributed by atoms with Crippen molar-refractivity contribution in [3.05, 3.63) is 24.4 Å². The van der Waals surface area contributed by atoms with E-state index < -0.39 is 10.0 Å². The van der Waals surface area contributed by atoms with Crippen LogP contribution < -0.4 is 10.2 Å². The average Bonchev–Trinajstić information content (AvgIpc) is 3.23. The summed E-state index contributed by atoms with van der Waals surface area (Å²) in [6.07, 6.45) is 8.17. The number of fused-ring (bicyclic) bond motifs is 1. The molecule has 8 nitrogen and oxygen atoms in total. The number of rotatable bonds is 4. The fourth-order valence-electron chi connectivity index (χ4n) is 5.23. The molecule has 0 atom stereocenters. The van der Waals surface area contributed by atoms with Gasteiger partial charge in [-0.05, 0) is 43.6 Å². The highest BCUT2D eigenvalue weighted by atomic mass is 32.2. The highest BCUT2D eigenvalue weighted by Crippen LogP contribution is 2.42. The molecule has 1 spiro atoms. The van der Waals surface area contributed by atoms with Crippen LogP contribution in [0.5, 0.6) is 0 Å². The molecular weight excluding hydrogens is 438 g/mol. The Kier molecular flexibility index (Phi) is 7.40. The fraction of sp³-hybridized carbons (Fsp3) is 0.667. The zero-order chi connectivity index (χ0) is 23.5. The first-order valence-electron chi connectivity index (χ1n) is 12.2. The number of para-hydroxylation sites is 1. The second kappa shape index (κ2) is 10.1. The monoisotopic (exact) mass is 475 g/mol. The van der Waals surface area contributed by atoms with Crippen LogP contribution in [0, 0.1) is 5.41 Å². The van der Waals surface area contributed by atoms with Gasteiger partial charge < -0.3 is 15.0 Å². The van der Waals surface area contributed by atoms with E-state index in [2.05, 4.69) is 33.4 Å². The van der Waals surface area contributed by atoms with E-state index in [9.17, 15) is 8.42 Å². The molecule has 0 aliphatic carbocycles. The summed E-state index contributed by atoms with van der Waals surface area (Å²) < 4.78 is 30.6. The summed E-state index contributed by atoms with van der Waals surface area (Å²) in [5.41, 5.74) is 2.54. The van der Waals surface area contributed by atoms with Gasteiger partial charge in [-0.3, -0.25) is 0 Å². The summed E-state index contributed by atoms with van der Waals surface area (Å²) in [5, 5.41) is 4.49. The Morgan fingerprint density at radius 1 is 1.09 bits per heavy atom. The minimum atomic E-state index is -3.12. The maximum absolute atomic E-state index is 11.7. The summed E-state index contributed by atoms with van der Waals surface area (Å²) in [7, 11) is -3.12. The molecule has 0 amide bonds. The summed E-state index contributed by atoms with van der Waals surface area (Å²) in [5.74, 6) is 0.623. The van der Waals surface area contributed by atoms with Crippen molar-refractivity contribution in [1.29, 1.82) is 0 Å². The molecule has 3 aliphatic rings. The number of anilines is 2. The normalized spacial score (nSPS) is 21.7. The van der Waals surface area contributed by atoms with Gasteiger partial charge in [-0.25, -0.2) is 22.7 Å². The minimum absolute atomic E-state index is 0.180. The number of piperidine rings is 1. The Hall–Kier alpha value is -1.97. The molecule has 0 unspecified atom stereocenters. The molecule has 33 heavy (non-hydrogen) atoms. The van der Waals surface area contributed by atoms with Crippen LogP contribution in [-0.2, 0) is 14.8 Å². The number of ether oxygens (including phenoxy) is 1. The Labute approximate surface area is 197 Å². The number of nitrogens with one attached hydrogen (secondary N) is 1. The van der Waals surface area contributed by atoms with Gasteiger partial charge in [-0.15, -0.1) is 0 Å². The molecule has 0 saturated carbocycles. The lowest BCUT2D eigenvalue weighted by molar-refractivity contribution is 0.0254. The molecule has 3 aliphatic heterocycles. The zero-order valence-corrected chi connectivity index (χ0v) is 20.9. The maximum Gasteiger partial charge on any atom is 0.223 e. The fourth-order valence-corrected chi connectivity index (χ4v) is 6.11. The molecule has 9 heteroatoms. The lowest BCUT2D eigenvalue weighted by Gasteiger charge is -2.33. The number of sulfonamides is 1. The highest BCUT2D eigenvalue weighted by molar-refractivity contribution is 7.88. The van der Waals surface area contributed by atoms with Crippen LogP contribution in [0.15, 0.2) is 24.4 Å². The van der Waals surface area contributed by atoms with Gasteiger partial charge in [0, 0.05) is 57.0 Å². The summed E-state index contributed by atoms with van der Waals surface area (Å²) >= 11 is 0. The van der Waals surface area contributed by atoms with Crippen LogP contribution in [0.2, 0.25) is 0 Å². The van der Waals surface area contributed by atoms with Gasteiger partial charge in [-0.2, -0.15) is 0 Å². The van der Waals surface area contributed by atoms with Crippen LogP contribution >= 0.6 is 0 Å². The zero-order valence-electron chi connectivity index (χ0n) is 20.1. The van der Waals surface area contributed by atoms with Gasteiger partial charge in [0.15, 0.2) is 0 Å². The molecule has 5 rings (SSSR count). The Morgan fingerprint density at radius 2 is 1.82 bits per heavy atom. The van der Waals surface area contributed by atoms with Crippen molar-refractivity contribution in [2.24, 2.45) is 5.41 Å². The molecule has 1 N–H and O–H groups in total. The standard InChI is InChI=1S/C22H31N5O3S.C2H6/c1-31(28,29)27-10-5-18(6-11-27)24-21-23-15-17-3-2-4-19(20(17)25-21)26-12-7-22(16-26)8-13-30-14-9-22;1-2/h2-4,15,18H,5-14,16H2,1H3,(H,23,24,25);1-2H3. The number of hydrogen-bond donors (Lipinski definition) is 1. The van der Waals surface area contributed by atoms with Gasteiger partial charge in [0.05, 0.1) is 17.5 Å². The molecule has 1 aromatic carbocycles. The number of aromatic nitrogens is 2. The van der Waals surface area contributed by atoms with Crippen molar-refractivity contribution in [3.8, 4) is 0 Å². The Morgan fingerprint density at radius 3 is 2.52 bits per heavy atom.